The standard InChI is InChI=1S/C11H10ClF2N5/c1-5-10(16-4-17-11(5)19-15)18-9-7(12)2-6(13)3-8(9)14/h2-4H,15H2,1H3,(H2,16,17,18,19). The molecule has 1 aromatic heterocycles. The van der Waals surface area contributed by atoms with Crippen molar-refractivity contribution >= 4 is 28.9 Å². The molecule has 1 heterocycles. The number of rotatable bonds is 3. The number of aromatic nitrogens is 2. The van der Waals surface area contributed by atoms with Crippen LogP contribution in [0.4, 0.5) is 26.1 Å². The number of hydrazine groups is 1. The summed E-state index contributed by atoms with van der Waals surface area (Å²) >= 11 is 5.78. The Morgan fingerprint density at radius 3 is 2.53 bits per heavy atom. The summed E-state index contributed by atoms with van der Waals surface area (Å²) in [5.74, 6) is 4.41. The molecule has 0 spiro atoms. The number of anilines is 3. The van der Waals surface area contributed by atoms with E-state index in [4.69, 9.17) is 17.4 Å². The zero-order valence-electron chi connectivity index (χ0n) is 9.84. The first-order chi connectivity index (χ1) is 9.02. The molecule has 0 bridgehead atoms. The van der Waals surface area contributed by atoms with E-state index in [0.717, 1.165) is 12.1 Å². The first kappa shape index (κ1) is 13.4. The molecule has 0 aliphatic rings. The summed E-state index contributed by atoms with van der Waals surface area (Å²) in [6.45, 7) is 1.69. The average Bonchev–Trinajstić information content (AvgIpc) is 2.35. The lowest BCUT2D eigenvalue weighted by molar-refractivity contribution is 0.586. The summed E-state index contributed by atoms with van der Waals surface area (Å²) in [6.07, 6.45) is 1.25. The molecule has 0 saturated heterocycles. The second-order valence-electron chi connectivity index (χ2n) is 3.71. The Bertz CT molecular complexity index is 597. The van der Waals surface area contributed by atoms with Crippen molar-refractivity contribution in [2.75, 3.05) is 10.7 Å². The zero-order chi connectivity index (χ0) is 14.0. The largest absolute Gasteiger partial charge is 0.336 e. The first-order valence-corrected chi connectivity index (χ1v) is 5.60. The maximum Gasteiger partial charge on any atom is 0.151 e. The maximum atomic E-state index is 13.6. The lowest BCUT2D eigenvalue weighted by Gasteiger charge is -2.12. The number of nitrogens with zero attached hydrogens (tertiary/aromatic N) is 2. The minimum Gasteiger partial charge on any atom is -0.336 e. The predicted molar refractivity (Wildman–Crippen MR) is 69.2 cm³/mol. The highest BCUT2D eigenvalue weighted by molar-refractivity contribution is 6.33. The summed E-state index contributed by atoms with van der Waals surface area (Å²) in [6, 6.07) is 1.73. The number of nitrogen functional groups attached to an aromatic ring is 1. The van der Waals surface area contributed by atoms with Crippen LogP contribution in [0.15, 0.2) is 18.5 Å². The smallest absolute Gasteiger partial charge is 0.151 e. The number of halogens is 3. The SMILES string of the molecule is Cc1c(NN)ncnc1Nc1c(F)cc(F)cc1Cl. The van der Waals surface area contributed by atoms with Crippen LogP contribution in [0.3, 0.4) is 0 Å². The molecule has 0 radical (unpaired) electrons. The Hall–Kier alpha value is -1.99. The van der Waals surface area contributed by atoms with Crippen LogP contribution >= 0.6 is 11.6 Å². The number of benzene rings is 1. The van der Waals surface area contributed by atoms with E-state index in [1.807, 2.05) is 0 Å². The van der Waals surface area contributed by atoms with Crippen molar-refractivity contribution in [2.24, 2.45) is 5.84 Å². The predicted octanol–water partition coefficient (Wildman–Crippen LogP) is 2.75. The van der Waals surface area contributed by atoms with Crippen LogP contribution in [0, 0.1) is 18.6 Å². The molecule has 0 saturated carbocycles. The summed E-state index contributed by atoms with van der Waals surface area (Å²) in [5.41, 5.74) is 2.89. The number of nitrogens with two attached hydrogens (primary N) is 1. The van der Waals surface area contributed by atoms with Crippen molar-refractivity contribution in [2.45, 2.75) is 6.92 Å². The third-order valence-electron chi connectivity index (χ3n) is 2.47. The maximum absolute atomic E-state index is 13.6. The van der Waals surface area contributed by atoms with Crippen LogP contribution in [0.25, 0.3) is 0 Å². The Balaban J connectivity index is 2.42. The summed E-state index contributed by atoms with van der Waals surface area (Å²) < 4.78 is 26.6. The quantitative estimate of drug-likeness (QED) is 0.597. The molecule has 0 amide bonds. The van der Waals surface area contributed by atoms with Crippen molar-refractivity contribution in [3.63, 3.8) is 0 Å². The van der Waals surface area contributed by atoms with Gasteiger partial charge in [-0.15, -0.1) is 0 Å². The van der Waals surface area contributed by atoms with Gasteiger partial charge in [0.2, 0.25) is 0 Å². The van der Waals surface area contributed by atoms with E-state index in [9.17, 15) is 8.78 Å². The monoisotopic (exact) mass is 285 g/mol. The second kappa shape index (κ2) is 5.33. The van der Waals surface area contributed by atoms with Gasteiger partial charge in [0.15, 0.2) is 5.82 Å². The lowest BCUT2D eigenvalue weighted by atomic mass is 10.2. The molecule has 19 heavy (non-hydrogen) atoms. The van der Waals surface area contributed by atoms with Gasteiger partial charge in [-0.25, -0.2) is 24.6 Å². The molecule has 2 aromatic rings. The first-order valence-electron chi connectivity index (χ1n) is 5.22. The third kappa shape index (κ3) is 2.72. The lowest BCUT2D eigenvalue weighted by Crippen LogP contribution is -2.12. The molecule has 5 nitrogen and oxygen atoms in total. The molecule has 0 aliphatic carbocycles. The molecule has 0 fully saturated rings. The Kier molecular flexibility index (Phi) is 3.77. The number of hydrogen-bond acceptors (Lipinski definition) is 5. The van der Waals surface area contributed by atoms with Crippen molar-refractivity contribution in [3.8, 4) is 0 Å². The summed E-state index contributed by atoms with van der Waals surface area (Å²) in [5, 5.41) is 2.61. The van der Waals surface area contributed by atoms with Crippen LogP contribution in [0.1, 0.15) is 5.56 Å². The highest BCUT2D eigenvalue weighted by atomic mass is 35.5. The molecule has 0 atom stereocenters. The van der Waals surface area contributed by atoms with E-state index in [1.54, 1.807) is 6.92 Å². The Morgan fingerprint density at radius 2 is 1.89 bits per heavy atom. The van der Waals surface area contributed by atoms with Crippen LogP contribution < -0.4 is 16.6 Å². The molecule has 0 aliphatic heterocycles. The summed E-state index contributed by atoms with van der Waals surface area (Å²) in [7, 11) is 0. The fraction of sp³-hybridized carbons (Fsp3) is 0.0909. The van der Waals surface area contributed by atoms with Crippen molar-refractivity contribution in [1.82, 2.24) is 9.97 Å². The van der Waals surface area contributed by atoms with E-state index < -0.39 is 11.6 Å². The number of nitrogens with one attached hydrogen (secondary N) is 2. The number of hydrogen-bond donors (Lipinski definition) is 3. The topological polar surface area (TPSA) is 75.9 Å². The van der Waals surface area contributed by atoms with Crippen molar-refractivity contribution in [1.29, 1.82) is 0 Å². The fourth-order valence-corrected chi connectivity index (χ4v) is 1.74. The minimum absolute atomic E-state index is 0.0622. The molecule has 8 heteroatoms. The third-order valence-corrected chi connectivity index (χ3v) is 2.77. The van der Waals surface area contributed by atoms with Crippen molar-refractivity contribution in [3.05, 3.63) is 40.7 Å². The Labute approximate surface area is 112 Å². The van der Waals surface area contributed by atoms with Crippen LogP contribution in [-0.2, 0) is 0 Å². The van der Waals surface area contributed by atoms with Crippen LogP contribution in [-0.4, -0.2) is 9.97 Å². The fourth-order valence-electron chi connectivity index (χ4n) is 1.50. The van der Waals surface area contributed by atoms with Crippen LogP contribution in [0.5, 0.6) is 0 Å². The van der Waals surface area contributed by atoms with E-state index >= 15 is 0 Å². The molecular formula is C11H10ClF2N5. The molecule has 100 valence electrons. The van der Waals surface area contributed by atoms with Gasteiger partial charge >= 0.3 is 0 Å². The van der Waals surface area contributed by atoms with Gasteiger partial charge in [0.25, 0.3) is 0 Å². The van der Waals surface area contributed by atoms with E-state index in [-0.39, 0.29) is 10.7 Å². The van der Waals surface area contributed by atoms with Crippen LogP contribution in [0.2, 0.25) is 5.02 Å². The summed E-state index contributed by atoms with van der Waals surface area (Å²) in [4.78, 5) is 7.83. The van der Waals surface area contributed by atoms with Gasteiger partial charge < -0.3 is 10.7 Å². The van der Waals surface area contributed by atoms with E-state index in [2.05, 4.69) is 20.7 Å². The van der Waals surface area contributed by atoms with Gasteiger partial charge in [-0.3, -0.25) is 0 Å². The van der Waals surface area contributed by atoms with Gasteiger partial charge in [-0.2, -0.15) is 0 Å². The zero-order valence-corrected chi connectivity index (χ0v) is 10.6. The highest BCUT2D eigenvalue weighted by Gasteiger charge is 2.13. The highest BCUT2D eigenvalue weighted by Crippen LogP contribution is 2.30. The van der Waals surface area contributed by atoms with Gasteiger partial charge in [-0.05, 0) is 13.0 Å². The van der Waals surface area contributed by atoms with Gasteiger partial charge in [-0.1, -0.05) is 11.6 Å². The van der Waals surface area contributed by atoms with Crippen molar-refractivity contribution < 1.29 is 8.78 Å². The molecule has 2 rings (SSSR count). The molecule has 0 unspecified atom stereocenters. The van der Waals surface area contributed by atoms with E-state index in [1.165, 1.54) is 6.33 Å². The second-order valence-corrected chi connectivity index (χ2v) is 4.12. The average molecular weight is 286 g/mol. The Morgan fingerprint density at radius 1 is 1.21 bits per heavy atom. The van der Waals surface area contributed by atoms with E-state index in [0.29, 0.717) is 17.2 Å². The normalized spacial score (nSPS) is 10.4. The molecule has 1 aromatic carbocycles. The molecular weight excluding hydrogens is 276 g/mol. The molecule has 4 N–H and O–H groups in total. The minimum atomic E-state index is -0.815. The van der Waals surface area contributed by atoms with Gasteiger partial charge in [0.05, 0.1) is 10.7 Å². The van der Waals surface area contributed by atoms with Gasteiger partial charge in [0.1, 0.15) is 23.8 Å². The van der Waals surface area contributed by atoms with Gasteiger partial charge in [0, 0.05) is 11.6 Å².